The minimum absolute atomic E-state index is 0.0717. The second kappa shape index (κ2) is 17.4. The van der Waals surface area contributed by atoms with Gasteiger partial charge in [0.15, 0.2) is 6.29 Å². The average molecular weight is 762 g/mol. The molecule has 2 fully saturated rings. The van der Waals surface area contributed by atoms with Crippen molar-refractivity contribution in [3.8, 4) is 0 Å². The van der Waals surface area contributed by atoms with Crippen molar-refractivity contribution in [2.75, 3.05) is 25.0 Å². The summed E-state index contributed by atoms with van der Waals surface area (Å²) in [6.07, 6.45) is -1.15. The highest BCUT2D eigenvalue weighted by Gasteiger charge is 2.43. The van der Waals surface area contributed by atoms with Gasteiger partial charge in [-0.2, -0.15) is 4.72 Å². The second-order valence-corrected chi connectivity index (χ2v) is 16.1. The van der Waals surface area contributed by atoms with Gasteiger partial charge in [-0.1, -0.05) is 115 Å². The van der Waals surface area contributed by atoms with Gasteiger partial charge in [-0.25, -0.2) is 8.42 Å². The smallest absolute Gasteiger partial charge is 0.242 e. The Bertz CT molecular complexity index is 2130. The maximum absolute atomic E-state index is 14.0. The van der Waals surface area contributed by atoms with E-state index < -0.39 is 34.4 Å². The van der Waals surface area contributed by atoms with Crippen molar-refractivity contribution in [1.29, 1.82) is 0 Å². The van der Waals surface area contributed by atoms with Gasteiger partial charge in [0.25, 0.3) is 0 Å². The van der Waals surface area contributed by atoms with Gasteiger partial charge in [-0.15, -0.1) is 0 Å². The number of aryl methyl sites for hydroxylation is 1. The lowest BCUT2D eigenvalue weighted by atomic mass is 9.83. The Balaban J connectivity index is 1.18. The first-order valence-corrected chi connectivity index (χ1v) is 20.1. The number of sulfonamides is 1. The highest BCUT2D eigenvalue weighted by Crippen LogP contribution is 2.47. The molecule has 286 valence electrons. The number of amides is 1. The Morgan fingerprint density at radius 1 is 0.818 bits per heavy atom. The van der Waals surface area contributed by atoms with E-state index in [9.17, 15) is 23.4 Å². The molecule has 11 heteroatoms. The van der Waals surface area contributed by atoms with Crippen LogP contribution in [0, 0.1) is 6.92 Å². The fraction of sp³-hybridized carbons (Fsp3) is 0.295. The van der Waals surface area contributed by atoms with Gasteiger partial charge in [0, 0.05) is 36.8 Å². The largest absolute Gasteiger partial charge is 0.392 e. The van der Waals surface area contributed by atoms with Crippen molar-refractivity contribution >= 4 is 21.6 Å². The number of anilines is 1. The average Bonchev–Trinajstić information content (AvgIpc) is 3.62. The molecule has 5 aromatic rings. The van der Waals surface area contributed by atoms with Crippen molar-refractivity contribution in [3.05, 3.63) is 167 Å². The first kappa shape index (κ1) is 38.6. The van der Waals surface area contributed by atoms with Crippen LogP contribution in [0.2, 0.25) is 0 Å². The van der Waals surface area contributed by atoms with Gasteiger partial charge >= 0.3 is 0 Å². The summed E-state index contributed by atoms with van der Waals surface area (Å²) in [4.78, 5) is 16.3. The number of aliphatic hydroxyl groups is 2. The lowest BCUT2D eigenvalue weighted by Crippen LogP contribution is -2.45. The number of nitrogens with one attached hydrogen (secondary N) is 2. The number of nitrogens with zero attached hydrogens (tertiary/aromatic N) is 1. The highest BCUT2D eigenvalue weighted by atomic mass is 32.2. The molecule has 0 saturated carbocycles. The van der Waals surface area contributed by atoms with E-state index in [-0.39, 0.29) is 36.0 Å². The molecule has 10 nitrogen and oxygen atoms in total. The van der Waals surface area contributed by atoms with Crippen molar-refractivity contribution in [2.45, 2.75) is 67.8 Å². The Kier molecular flexibility index (Phi) is 12.2. The van der Waals surface area contributed by atoms with Crippen LogP contribution in [0.1, 0.15) is 58.1 Å². The standard InChI is InChI=1S/C44H47N3O7S/c1-30-15-21-38(22-16-30)55(51,52)46-39(25-31-9-4-2-5-10-31)43(50)45-36-14-8-13-35(26-36)44-53-40(28-47-24-23-37(49)27-47)41(33-11-6-3-7-12-33)42(54-44)34-19-17-32(29-48)18-20-34/h2-22,26,37,39-42,44,46,48-49H,23-25,27-29H2,1H3,(H,45,50)/t37-,39-,40-,41-,42+,44?/m1/s1. The number of carbonyl (C=O) groups excluding carboxylic acids is 1. The predicted octanol–water partition coefficient (Wildman–Crippen LogP) is 6.02. The van der Waals surface area contributed by atoms with Gasteiger partial charge in [-0.3, -0.25) is 9.69 Å². The van der Waals surface area contributed by atoms with Crippen LogP contribution in [0.3, 0.4) is 0 Å². The van der Waals surface area contributed by atoms with Crippen molar-refractivity contribution < 1.29 is 32.9 Å². The first-order valence-electron chi connectivity index (χ1n) is 18.6. The number of β-amino-alcohol motifs (C(OH)–C–C–N with tert-alkyl or cyclic N) is 1. The summed E-state index contributed by atoms with van der Waals surface area (Å²) in [7, 11) is -4.03. The molecule has 55 heavy (non-hydrogen) atoms. The maximum Gasteiger partial charge on any atom is 0.242 e. The third-order valence-electron chi connectivity index (χ3n) is 10.3. The van der Waals surface area contributed by atoms with Gasteiger partial charge in [-0.05, 0) is 66.3 Å². The van der Waals surface area contributed by atoms with Crippen LogP contribution >= 0.6 is 0 Å². The van der Waals surface area contributed by atoms with E-state index in [0.717, 1.165) is 34.4 Å². The highest BCUT2D eigenvalue weighted by molar-refractivity contribution is 7.89. The number of hydrogen-bond donors (Lipinski definition) is 4. The third-order valence-corrected chi connectivity index (χ3v) is 11.8. The van der Waals surface area contributed by atoms with E-state index in [1.165, 1.54) is 12.1 Å². The van der Waals surface area contributed by atoms with Gasteiger partial charge in [0.2, 0.25) is 15.9 Å². The summed E-state index contributed by atoms with van der Waals surface area (Å²) in [6.45, 7) is 3.69. The predicted molar refractivity (Wildman–Crippen MR) is 211 cm³/mol. The van der Waals surface area contributed by atoms with Gasteiger partial charge < -0.3 is 25.0 Å². The van der Waals surface area contributed by atoms with Crippen LogP contribution in [0.25, 0.3) is 0 Å². The third kappa shape index (κ3) is 9.57. The second-order valence-electron chi connectivity index (χ2n) is 14.4. The number of carbonyl (C=O) groups is 1. The molecule has 7 rings (SSSR count). The Morgan fingerprint density at radius 3 is 2.18 bits per heavy atom. The Morgan fingerprint density at radius 2 is 1.51 bits per heavy atom. The molecule has 2 aliphatic heterocycles. The van der Waals surface area contributed by atoms with E-state index in [1.54, 1.807) is 30.3 Å². The number of ether oxygens (including phenoxy) is 2. The molecule has 2 saturated heterocycles. The number of benzene rings is 5. The van der Waals surface area contributed by atoms with E-state index in [1.807, 2.05) is 85.8 Å². The molecular formula is C44H47N3O7S. The van der Waals surface area contributed by atoms with Crippen LogP contribution in [0.15, 0.2) is 138 Å². The summed E-state index contributed by atoms with van der Waals surface area (Å²) in [5.74, 6) is -0.711. The molecule has 4 N–H and O–H groups in total. The monoisotopic (exact) mass is 761 g/mol. The topological polar surface area (TPSA) is 137 Å². The Hall–Kier alpha value is -4.72. The molecule has 0 spiro atoms. The van der Waals surface area contributed by atoms with Crippen molar-refractivity contribution in [2.24, 2.45) is 0 Å². The Labute approximate surface area is 322 Å². The molecule has 6 atom stereocenters. The summed E-state index contributed by atoms with van der Waals surface area (Å²) in [6, 6.07) is 39.8. The zero-order valence-corrected chi connectivity index (χ0v) is 31.5. The molecular weight excluding hydrogens is 715 g/mol. The molecule has 1 amide bonds. The lowest BCUT2D eigenvalue weighted by molar-refractivity contribution is -0.263. The first-order chi connectivity index (χ1) is 26.6. The van der Waals surface area contributed by atoms with E-state index in [0.29, 0.717) is 30.8 Å². The van der Waals surface area contributed by atoms with Crippen LogP contribution < -0.4 is 10.0 Å². The van der Waals surface area contributed by atoms with Crippen LogP contribution in [0.5, 0.6) is 0 Å². The molecule has 0 aromatic heterocycles. The SMILES string of the molecule is Cc1ccc(S(=O)(=O)N[C@H](Cc2ccccc2)C(=O)Nc2cccc(C3O[C@H](CN4CC[C@@H](O)C4)[C@@H](c4ccccc4)[C@H](c4ccc(CO)cc4)O3)c2)cc1. The van der Waals surface area contributed by atoms with E-state index in [2.05, 4.69) is 27.1 Å². The van der Waals surface area contributed by atoms with Crippen molar-refractivity contribution in [1.82, 2.24) is 9.62 Å². The minimum Gasteiger partial charge on any atom is -0.392 e. The molecule has 5 aromatic carbocycles. The van der Waals surface area contributed by atoms with E-state index >= 15 is 0 Å². The van der Waals surface area contributed by atoms with Crippen LogP contribution in [-0.4, -0.2) is 67.3 Å². The molecule has 0 bridgehead atoms. The summed E-state index contributed by atoms with van der Waals surface area (Å²) < 4.78 is 43.4. The zero-order valence-electron chi connectivity index (χ0n) is 30.7. The summed E-state index contributed by atoms with van der Waals surface area (Å²) in [5, 5.41) is 23.1. The minimum atomic E-state index is -4.03. The summed E-state index contributed by atoms with van der Waals surface area (Å²) in [5.41, 5.74) is 5.63. The molecule has 0 radical (unpaired) electrons. The molecule has 1 unspecified atom stereocenters. The molecule has 2 aliphatic rings. The lowest BCUT2D eigenvalue weighted by Gasteiger charge is -2.44. The fourth-order valence-electron chi connectivity index (χ4n) is 7.40. The normalized spacial score (nSPS) is 22.3. The quantitative estimate of drug-likeness (QED) is 0.114. The van der Waals surface area contributed by atoms with E-state index in [4.69, 9.17) is 9.47 Å². The number of rotatable bonds is 13. The zero-order chi connectivity index (χ0) is 38.4. The van der Waals surface area contributed by atoms with Crippen LogP contribution in [-0.2, 0) is 37.3 Å². The summed E-state index contributed by atoms with van der Waals surface area (Å²) >= 11 is 0. The molecule has 0 aliphatic carbocycles. The van der Waals surface area contributed by atoms with Crippen LogP contribution in [0.4, 0.5) is 5.69 Å². The number of hydrogen-bond acceptors (Lipinski definition) is 8. The van der Waals surface area contributed by atoms with Gasteiger partial charge in [0.1, 0.15) is 6.04 Å². The number of aliphatic hydroxyl groups excluding tert-OH is 2. The maximum atomic E-state index is 14.0. The fourth-order valence-corrected chi connectivity index (χ4v) is 8.60. The van der Waals surface area contributed by atoms with Crippen molar-refractivity contribution in [3.63, 3.8) is 0 Å². The number of likely N-dealkylation sites (tertiary alicyclic amines) is 1. The molecule has 2 heterocycles. The van der Waals surface area contributed by atoms with Gasteiger partial charge in [0.05, 0.1) is 29.8 Å².